The molecule has 0 radical (unpaired) electrons. The van der Waals surface area contributed by atoms with E-state index in [1.165, 1.54) is 17.7 Å². The summed E-state index contributed by atoms with van der Waals surface area (Å²) in [6.45, 7) is 2.83. The van der Waals surface area contributed by atoms with Crippen molar-refractivity contribution in [2.24, 2.45) is 0 Å². The van der Waals surface area contributed by atoms with Gasteiger partial charge in [-0.05, 0) is 19.9 Å². The van der Waals surface area contributed by atoms with E-state index in [-0.39, 0.29) is 0 Å². The van der Waals surface area contributed by atoms with Crippen LogP contribution < -0.4 is 5.73 Å². The fourth-order valence-corrected chi connectivity index (χ4v) is 2.63. The van der Waals surface area contributed by atoms with E-state index in [9.17, 15) is 0 Å². The Labute approximate surface area is 94.1 Å². The minimum atomic E-state index is 0.417. The van der Waals surface area contributed by atoms with Crippen molar-refractivity contribution >= 4 is 16.5 Å². The highest BCUT2D eigenvalue weighted by Gasteiger charge is 2.17. The van der Waals surface area contributed by atoms with Crippen molar-refractivity contribution in [1.29, 1.82) is 0 Å². The van der Waals surface area contributed by atoms with Crippen LogP contribution in [0.3, 0.4) is 0 Å². The second kappa shape index (κ2) is 4.92. The zero-order valence-corrected chi connectivity index (χ0v) is 9.80. The van der Waals surface area contributed by atoms with Crippen LogP contribution in [-0.4, -0.2) is 36.2 Å². The first kappa shape index (κ1) is 10.9. The molecule has 0 saturated carbocycles. The first-order valence-electron chi connectivity index (χ1n) is 5.24. The molecule has 1 saturated heterocycles. The summed E-state index contributed by atoms with van der Waals surface area (Å²) in [5.41, 5.74) is 5.58. The van der Waals surface area contributed by atoms with Crippen molar-refractivity contribution in [2.45, 2.75) is 25.5 Å². The summed E-state index contributed by atoms with van der Waals surface area (Å²) in [7, 11) is 2.11. The normalized spacial score (nSPS) is 21.3. The molecule has 0 aliphatic carbocycles. The van der Waals surface area contributed by atoms with Crippen LogP contribution >= 0.6 is 11.3 Å². The van der Waals surface area contributed by atoms with E-state index in [1.807, 2.05) is 6.20 Å². The fraction of sp³-hybridized carbons (Fsp3) is 0.700. The second-order valence-electron chi connectivity index (χ2n) is 4.00. The van der Waals surface area contributed by atoms with Gasteiger partial charge in [-0.25, -0.2) is 4.98 Å². The Hall–Kier alpha value is -0.650. The minimum Gasteiger partial charge on any atom is -0.377 e. The molecule has 1 aliphatic heterocycles. The zero-order valence-electron chi connectivity index (χ0n) is 8.98. The van der Waals surface area contributed by atoms with Gasteiger partial charge in [0.1, 0.15) is 0 Å². The molecule has 0 amide bonds. The number of rotatable bonds is 4. The quantitative estimate of drug-likeness (QED) is 0.843. The van der Waals surface area contributed by atoms with E-state index in [1.54, 1.807) is 11.3 Å². The van der Waals surface area contributed by atoms with Gasteiger partial charge in [-0.1, -0.05) is 0 Å². The number of nitrogens with zero attached hydrogens (tertiary/aromatic N) is 2. The molecule has 1 atom stereocenters. The third kappa shape index (κ3) is 3.15. The third-order valence-electron chi connectivity index (χ3n) is 2.54. The molecule has 0 aromatic carbocycles. The third-order valence-corrected chi connectivity index (χ3v) is 3.35. The SMILES string of the molecule is CN(Cc1cnc(N)s1)C[C@@H]1CCCO1. The number of hydrogen-bond acceptors (Lipinski definition) is 5. The number of aromatic nitrogens is 1. The van der Waals surface area contributed by atoms with E-state index in [4.69, 9.17) is 10.5 Å². The van der Waals surface area contributed by atoms with Crippen LogP contribution in [0.25, 0.3) is 0 Å². The molecule has 0 spiro atoms. The molecule has 2 N–H and O–H groups in total. The highest BCUT2D eigenvalue weighted by Crippen LogP contribution is 2.18. The Morgan fingerprint density at radius 1 is 1.73 bits per heavy atom. The maximum Gasteiger partial charge on any atom is 0.180 e. The number of nitrogen functional groups attached to an aromatic ring is 1. The lowest BCUT2D eigenvalue weighted by molar-refractivity contribution is 0.0796. The summed E-state index contributed by atoms with van der Waals surface area (Å²) in [5, 5.41) is 0.649. The van der Waals surface area contributed by atoms with Gasteiger partial charge in [0.25, 0.3) is 0 Å². The van der Waals surface area contributed by atoms with Crippen molar-refractivity contribution in [3.63, 3.8) is 0 Å². The van der Waals surface area contributed by atoms with E-state index < -0.39 is 0 Å². The Morgan fingerprint density at radius 3 is 3.20 bits per heavy atom. The smallest absolute Gasteiger partial charge is 0.180 e. The van der Waals surface area contributed by atoms with Crippen molar-refractivity contribution in [2.75, 3.05) is 25.9 Å². The Balaban J connectivity index is 1.78. The molecule has 0 bridgehead atoms. The van der Waals surface area contributed by atoms with Gasteiger partial charge in [-0.15, -0.1) is 11.3 Å². The highest BCUT2D eigenvalue weighted by atomic mass is 32.1. The first-order valence-corrected chi connectivity index (χ1v) is 6.06. The monoisotopic (exact) mass is 227 g/mol. The summed E-state index contributed by atoms with van der Waals surface area (Å²) in [5.74, 6) is 0. The van der Waals surface area contributed by atoms with Crippen LogP contribution in [-0.2, 0) is 11.3 Å². The largest absolute Gasteiger partial charge is 0.377 e. The van der Waals surface area contributed by atoms with Gasteiger partial charge in [0, 0.05) is 30.8 Å². The van der Waals surface area contributed by atoms with Crippen molar-refractivity contribution in [3.05, 3.63) is 11.1 Å². The Kier molecular flexibility index (Phi) is 3.56. The van der Waals surface area contributed by atoms with Crippen LogP contribution in [0.2, 0.25) is 0 Å². The first-order chi connectivity index (χ1) is 7.24. The maximum atomic E-state index is 5.59. The molecule has 2 heterocycles. The lowest BCUT2D eigenvalue weighted by atomic mass is 10.2. The van der Waals surface area contributed by atoms with E-state index in [2.05, 4.69) is 16.9 Å². The summed E-state index contributed by atoms with van der Waals surface area (Å²) in [6, 6.07) is 0. The molecule has 84 valence electrons. The summed E-state index contributed by atoms with van der Waals surface area (Å²) in [4.78, 5) is 7.52. The number of ether oxygens (including phenoxy) is 1. The van der Waals surface area contributed by atoms with E-state index in [0.29, 0.717) is 11.2 Å². The summed E-state index contributed by atoms with van der Waals surface area (Å²) < 4.78 is 5.59. The number of hydrogen-bond donors (Lipinski definition) is 1. The average Bonchev–Trinajstić information content (AvgIpc) is 2.77. The standard InChI is InChI=1S/C10H17N3OS/c1-13(6-8-3-2-4-14-8)7-9-5-12-10(11)15-9/h5,8H,2-4,6-7H2,1H3,(H2,11,12)/t8-/m0/s1. The molecule has 0 unspecified atom stereocenters. The fourth-order valence-electron chi connectivity index (χ4n) is 1.86. The van der Waals surface area contributed by atoms with Crippen LogP contribution in [0.15, 0.2) is 6.20 Å². The van der Waals surface area contributed by atoms with Crippen molar-refractivity contribution < 1.29 is 4.74 Å². The van der Waals surface area contributed by atoms with Gasteiger partial charge < -0.3 is 10.5 Å². The summed E-state index contributed by atoms with van der Waals surface area (Å²) in [6.07, 6.45) is 4.66. The molecular weight excluding hydrogens is 210 g/mol. The number of thiazole rings is 1. The van der Waals surface area contributed by atoms with Crippen molar-refractivity contribution in [3.8, 4) is 0 Å². The topological polar surface area (TPSA) is 51.4 Å². The average molecular weight is 227 g/mol. The molecule has 15 heavy (non-hydrogen) atoms. The zero-order chi connectivity index (χ0) is 10.7. The maximum absolute atomic E-state index is 5.59. The number of likely N-dealkylation sites (N-methyl/N-ethyl adjacent to an activating group) is 1. The van der Waals surface area contributed by atoms with Crippen LogP contribution in [0, 0.1) is 0 Å². The van der Waals surface area contributed by atoms with Gasteiger partial charge >= 0.3 is 0 Å². The van der Waals surface area contributed by atoms with Gasteiger partial charge in [0.05, 0.1) is 6.10 Å². The molecule has 1 aromatic heterocycles. The molecule has 1 aromatic rings. The van der Waals surface area contributed by atoms with Gasteiger partial charge in [-0.2, -0.15) is 0 Å². The van der Waals surface area contributed by atoms with Gasteiger partial charge in [0.2, 0.25) is 0 Å². The minimum absolute atomic E-state index is 0.417. The van der Waals surface area contributed by atoms with E-state index in [0.717, 1.165) is 19.7 Å². The second-order valence-corrected chi connectivity index (χ2v) is 5.14. The van der Waals surface area contributed by atoms with Crippen LogP contribution in [0.5, 0.6) is 0 Å². The lowest BCUT2D eigenvalue weighted by Crippen LogP contribution is -2.27. The number of nitrogens with two attached hydrogens (primary N) is 1. The number of anilines is 1. The predicted octanol–water partition coefficient (Wildman–Crippen LogP) is 1.34. The van der Waals surface area contributed by atoms with E-state index >= 15 is 0 Å². The molecule has 1 fully saturated rings. The lowest BCUT2D eigenvalue weighted by Gasteiger charge is -2.19. The molecular formula is C10H17N3OS. The van der Waals surface area contributed by atoms with Crippen LogP contribution in [0.4, 0.5) is 5.13 Å². The Bertz CT molecular complexity index is 309. The molecule has 4 nitrogen and oxygen atoms in total. The van der Waals surface area contributed by atoms with Gasteiger partial charge in [-0.3, -0.25) is 4.90 Å². The van der Waals surface area contributed by atoms with Gasteiger partial charge in [0.15, 0.2) is 5.13 Å². The molecule has 1 aliphatic rings. The summed E-state index contributed by atoms with van der Waals surface area (Å²) >= 11 is 1.56. The highest BCUT2D eigenvalue weighted by molar-refractivity contribution is 7.15. The van der Waals surface area contributed by atoms with Crippen LogP contribution in [0.1, 0.15) is 17.7 Å². The van der Waals surface area contributed by atoms with Crippen molar-refractivity contribution in [1.82, 2.24) is 9.88 Å². The molecule has 5 heteroatoms. The predicted molar refractivity (Wildman–Crippen MR) is 61.8 cm³/mol. The molecule has 2 rings (SSSR count). The Morgan fingerprint density at radius 2 is 2.60 bits per heavy atom.